The molecule has 1 spiro atoms. The fourth-order valence-electron chi connectivity index (χ4n) is 5.81. The van der Waals surface area contributed by atoms with Crippen LogP contribution in [0.25, 0.3) is 0 Å². The average Bonchev–Trinajstić information content (AvgIpc) is 3.36. The highest BCUT2D eigenvalue weighted by Crippen LogP contribution is 2.68. The lowest BCUT2D eigenvalue weighted by molar-refractivity contribution is -0.0191. The Morgan fingerprint density at radius 2 is 2.04 bits per heavy atom. The summed E-state index contributed by atoms with van der Waals surface area (Å²) in [6, 6.07) is 0. The molecule has 0 aromatic heterocycles. The third kappa shape index (κ3) is 3.30. The molecular weight excluding hydrogens is 409 g/mol. The van der Waals surface area contributed by atoms with Gasteiger partial charge in [-0.1, -0.05) is 32.4 Å². The van der Waals surface area contributed by atoms with Crippen molar-refractivity contribution in [3.63, 3.8) is 0 Å². The Hall–Kier alpha value is 0.840. The molecule has 0 aromatic rings. The summed E-state index contributed by atoms with van der Waals surface area (Å²) in [6.07, 6.45) is 8.87. The fraction of sp³-hybridized carbons (Fsp3) is 0.818. The molecule has 0 saturated carbocycles. The van der Waals surface area contributed by atoms with Crippen molar-refractivity contribution < 1.29 is 4.74 Å². The molecule has 27 heavy (non-hydrogen) atoms. The molecule has 4 rings (SSSR count). The first kappa shape index (κ1) is 21.1. The number of thioether (sulfide) groups is 3. The average molecular weight is 443 g/mol. The Balaban J connectivity index is 1.70. The molecular formula is C22H34OS4. The first-order valence-electron chi connectivity index (χ1n) is 10.4. The summed E-state index contributed by atoms with van der Waals surface area (Å²) < 4.78 is 7.25. The summed E-state index contributed by atoms with van der Waals surface area (Å²) in [4.78, 5) is 0. The van der Waals surface area contributed by atoms with E-state index < -0.39 is 0 Å². The maximum Gasteiger partial charge on any atom is 0.112 e. The van der Waals surface area contributed by atoms with Gasteiger partial charge < -0.3 is 4.74 Å². The van der Waals surface area contributed by atoms with E-state index >= 15 is 0 Å². The minimum atomic E-state index is 0.0565. The van der Waals surface area contributed by atoms with Crippen molar-refractivity contribution in [1.29, 1.82) is 0 Å². The van der Waals surface area contributed by atoms with Crippen molar-refractivity contribution in [1.82, 2.24) is 0 Å². The summed E-state index contributed by atoms with van der Waals surface area (Å²) >= 11 is 10.8. The zero-order valence-corrected chi connectivity index (χ0v) is 20.3. The summed E-state index contributed by atoms with van der Waals surface area (Å²) in [7, 11) is 0. The van der Waals surface area contributed by atoms with Gasteiger partial charge in [0.05, 0.1) is 10.2 Å². The van der Waals surface area contributed by atoms with Gasteiger partial charge >= 0.3 is 0 Å². The standard InChI is InChI=1S/C22H34OS4/c1-5-20(3)14-17(23-19(20)25-11-10-24)21(4)15(2)6-7-16-8-9-22(18(16)21)26-12-13-27-22/h5,15,17,19,24H,1,6-14H2,2-4H3/t15-,17-,19?,20-,21+/m1/s1. The Morgan fingerprint density at radius 3 is 2.70 bits per heavy atom. The molecule has 4 aliphatic rings. The number of ether oxygens (including phenoxy) is 1. The number of fused-ring (bicyclic) bond motifs is 1. The van der Waals surface area contributed by atoms with E-state index in [9.17, 15) is 0 Å². The molecule has 5 atom stereocenters. The zero-order valence-electron chi connectivity index (χ0n) is 17.0. The monoisotopic (exact) mass is 442 g/mol. The van der Waals surface area contributed by atoms with Crippen molar-refractivity contribution in [3.05, 3.63) is 23.8 Å². The number of rotatable bonds is 5. The van der Waals surface area contributed by atoms with E-state index in [1.165, 1.54) is 37.2 Å². The zero-order chi connectivity index (χ0) is 19.3. The fourth-order valence-corrected chi connectivity index (χ4v) is 10.9. The number of hydrogen-bond donors (Lipinski definition) is 1. The van der Waals surface area contributed by atoms with E-state index in [1.54, 1.807) is 11.1 Å². The molecule has 2 fully saturated rings. The summed E-state index contributed by atoms with van der Waals surface area (Å²) in [5.74, 6) is 5.24. The van der Waals surface area contributed by atoms with Gasteiger partial charge in [0.1, 0.15) is 5.44 Å². The van der Waals surface area contributed by atoms with Crippen LogP contribution < -0.4 is 0 Å². The summed E-state index contributed by atoms with van der Waals surface area (Å²) in [5, 5.41) is 0. The van der Waals surface area contributed by atoms with Gasteiger partial charge in [0.25, 0.3) is 0 Å². The van der Waals surface area contributed by atoms with Crippen molar-refractivity contribution in [3.8, 4) is 0 Å². The van der Waals surface area contributed by atoms with Gasteiger partial charge in [-0.25, -0.2) is 0 Å². The SMILES string of the molecule is C=C[C@]1(C)C[C@H]([C@@]2(C)C3=C(CC[C@H]2C)CCC32SCCS2)OC1SCCS. The van der Waals surface area contributed by atoms with E-state index in [-0.39, 0.29) is 16.3 Å². The second kappa shape index (κ2) is 7.83. The predicted molar refractivity (Wildman–Crippen MR) is 128 cm³/mol. The first-order valence-corrected chi connectivity index (χ1v) is 14.1. The van der Waals surface area contributed by atoms with Crippen LogP contribution >= 0.6 is 47.9 Å². The van der Waals surface area contributed by atoms with Crippen LogP contribution in [-0.4, -0.2) is 38.6 Å². The van der Waals surface area contributed by atoms with Gasteiger partial charge in [0, 0.05) is 28.1 Å². The van der Waals surface area contributed by atoms with Crippen LogP contribution in [0.4, 0.5) is 0 Å². The molecule has 152 valence electrons. The molecule has 0 radical (unpaired) electrons. The minimum Gasteiger partial charge on any atom is -0.363 e. The quantitative estimate of drug-likeness (QED) is 0.376. The van der Waals surface area contributed by atoms with Gasteiger partial charge in [-0.3, -0.25) is 0 Å². The van der Waals surface area contributed by atoms with Crippen LogP contribution in [0, 0.1) is 16.7 Å². The molecule has 2 aliphatic heterocycles. The van der Waals surface area contributed by atoms with E-state index in [0.29, 0.717) is 16.1 Å². The lowest BCUT2D eigenvalue weighted by Crippen LogP contribution is -2.46. The van der Waals surface area contributed by atoms with Crippen molar-refractivity contribution in [2.75, 3.05) is 23.0 Å². The molecule has 2 aliphatic carbocycles. The van der Waals surface area contributed by atoms with Crippen molar-refractivity contribution in [2.45, 2.75) is 68.5 Å². The van der Waals surface area contributed by atoms with Gasteiger partial charge in [-0.15, -0.1) is 41.9 Å². The molecule has 0 aromatic carbocycles. The molecule has 0 N–H and O–H groups in total. The van der Waals surface area contributed by atoms with E-state index in [4.69, 9.17) is 4.74 Å². The maximum atomic E-state index is 6.90. The van der Waals surface area contributed by atoms with Gasteiger partial charge in [-0.05, 0) is 49.3 Å². The molecule has 2 heterocycles. The van der Waals surface area contributed by atoms with Crippen LogP contribution in [0.1, 0.15) is 52.9 Å². The van der Waals surface area contributed by atoms with Gasteiger partial charge in [-0.2, -0.15) is 12.6 Å². The highest BCUT2D eigenvalue weighted by molar-refractivity contribution is 8.21. The van der Waals surface area contributed by atoms with Gasteiger partial charge in [0.2, 0.25) is 0 Å². The molecule has 0 amide bonds. The Morgan fingerprint density at radius 1 is 1.30 bits per heavy atom. The molecule has 1 nitrogen and oxygen atoms in total. The van der Waals surface area contributed by atoms with Crippen molar-refractivity contribution in [2.24, 2.45) is 16.7 Å². The summed E-state index contributed by atoms with van der Waals surface area (Å²) in [6.45, 7) is 11.6. The number of allylic oxidation sites excluding steroid dienone is 1. The highest BCUT2D eigenvalue weighted by Gasteiger charge is 2.60. The molecule has 2 saturated heterocycles. The third-order valence-corrected chi connectivity index (χ3v) is 13.1. The molecule has 1 unspecified atom stereocenters. The Bertz CT molecular complexity index is 626. The lowest BCUT2D eigenvalue weighted by atomic mass is 9.60. The largest absolute Gasteiger partial charge is 0.363 e. The third-order valence-electron chi connectivity index (χ3n) is 7.63. The smallest absolute Gasteiger partial charge is 0.112 e. The normalized spacial score (nSPS) is 43.5. The number of hydrogen-bond acceptors (Lipinski definition) is 5. The van der Waals surface area contributed by atoms with Crippen LogP contribution in [0.3, 0.4) is 0 Å². The summed E-state index contributed by atoms with van der Waals surface area (Å²) in [5.41, 5.74) is 4.02. The second-order valence-corrected chi connectivity index (χ2v) is 13.8. The van der Waals surface area contributed by atoms with Crippen LogP contribution in [0.5, 0.6) is 0 Å². The molecule has 5 heteroatoms. The Labute approximate surface area is 184 Å². The minimum absolute atomic E-state index is 0.0565. The van der Waals surface area contributed by atoms with E-state index in [0.717, 1.165) is 17.9 Å². The van der Waals surface area contributed by atoms with E-state index in [2.05, 4.69) is 69.6 Å². The van der Waals surface area contributed by atoms with Crippen LogP contribution in [0.2, 0.25) is 0 Å². The maximum absolute atomic E-state index is 6.90. The highest BCUT2D eigenvalue weighted by atomic mass is 32.2. The first-order chi connectivity index (χ1) is 12.9. The van der Waals surface area contributed by atoms with Gasteiger partial charge in [0.15, 0.2) is 0 Å². The van der Waals surface area contributed by atoms with Crippen LogP contribution in [-0.2, 0) is 4.74 Å². The molecule has 0 bridgehead atoms. The van der Waals surface area contributed by atoms with Crippen LogP contribution in [0.15, 0.2) is 23.8 Å². The number of thiol groups is 1. The lowest BCUT2D eigenvalue weighted by Gasteiger charge is -2.49. The topological polar surface area (TPSA) is 9.23 Å². The van der Waals surface area contributed by atoms with Crippen molar-refractivity contribution >= 4 is 47.9 Å². The van der Waals surface area contributed by atoms with E-state index in [1.807, 2.05) is 11.8 Å². The second-order valence-electron chi connectivity index (χ2n) is 9.12. The Kier molecular flexibility index (Phi) is 6.12. The predicted octanol–water partition coefficient (Wildman–Crippen LogP) is 6.66.